The molecule has 1 unspecified atom stereocenters. The van der Waals surface area contributed by atoms with E-state index in [0.29, 0.717) is 5.92 Å². The Morgan fingerprint density at radius 3 is 2.20 bits per heavy atom. The Kier molecular flexibility index (Phi) is 4.52. The molecule has 0 radical (unpaired) electrons. The Morgan fingerprint density at radius 1 is 1.20 bits per heavy atom. The molecule has 0 aliphatic carbocycles. The summed E-state index contributed by atoms with van der Waals surface area (Å²) in [5.74, 6) is -0.587. The van der Waals surface area contributed by atoms with E-state index in [0.717, 1.165) is 6.42 Å². The van der Waals surface area contributed by atoms with Gasteiger partial charge in [-0.1, -0.05) is 19.9 Å². The van der Waals surface area contributed by atoms with Gasteiger partial charge < -0.3 is 0 Å². The first kappa shape index (κ1) is 12.4. The van der Waals surface area contributed by atoms with Gasteiger partial charge in [0.25, 0.3) is 0 Å². The Balaban J connectivity index is 2.71. The second-order valence-corrected chi connectivity index (χ2v) is 4.75. The average Bonchev–Trinajstić information content (AvgIpc) is 2.10. The van der Waals surface area contributed by atoms with Crippen molar-refractivity contribution in [3.05, 3.63) is 35.4 Å². The number of benzene rings is 1. The molecule has 0 aromatic heterocycles. The highest BCUT2D eigenvalue weighted by atomic mass is 35.5. The lowest BCUT2D eigenvalue weighted by Crippen LogP contribution is -2.10. The Labute approximate surface area is 94.3 Å². The van der Waals surface area contributed by atoms with Crippen molar-refractivity contribution in [2.45, 2.75) is 32.1 Å². The van der Waals surface area contributed by atoms with Gasteiger partial charge in [0.1, 0.15) is 11.6 Å². The highest BCUT2D eigenvalue weighted by molar-refractivity contribution is 6.20. The van der Waals surface area contributed by atoms with Gasteiger partial charge in [-0.15, -0.1) is 11.6 Å². The van der Waals surface area contributed by atoms with Gasteiger partial charge >= 0.3 is 0 Å². The summed E-state index contributed by atoms with van der Waals surface area (Å²) < 4.78 is 26.5. The van der Waals surface area contributed by atoms with E-state index < -0.39 is 11.6 Å². The maximum Gasteiger partial charge on any atom is 0.129 e. The molecule has 1 rings (SSSR count). The molecule has 1 aromatic carbocycles. The first-order valence-corrected chi connectivity index (χ1v) is 5.51. The van der Waals surface area contributed by atoms with Crippen LogP contribution in [0.3, 0.4) is 0 Å². The van der Waals surface area contributed by atoms with Crippen LogP contribution in [0.25, 0.3) is 0 Å². The van der Waals surface area contributed by atoms with E-state index in [9.17, 15) is 8.78 Å². The summed E-state index contributed by atoms with van der Waals surface area (Å²) >= 11 is 6.02. The van der Waals surface area contributed by atoms with Crippen LogP contribution in [0.15, 0.2) is 18.2 Å². The van der Waals surface area contributed by atoms with E-state index in [1.54, 1.807) is 0 Å². The van der Waals surface area contributed by atoms with Crippen LogP contribution in [-0.2, 0) is 6.42 Å². The largest absolute Gasteiger partial charge is 0.207 e. The van der Waals surface area contributed by atoms with Crippen LogP contribution >= 0.6 is 11.6 Å². The van der Waals surface area contributed by atoms with E-state index >= 15 is 0 Å². The molecule has 0 saturated carbocycles. The van der Waals surface area contributed by atoms with Gasteiger partial charge in [0.05, 0.1) is 0 Å². The molecule has 15 heavy (non-hydrogen) atoms. The van der Waals surface area contributed by atoms with E-state index in [4.69, 9.17) is 11.6 Å². The zero-order valence-electron chi connectivity index (χ0n) is 8.93. The maximum absolute atomic E-state index is 13.2. The molecule has 0 N–H and O–H groups in total. The molecular weight excluding hydrogens is 218 g/mol. The molecule has 0 saturated heterocycles. The predicted octanol–water partition coefficient (Wildman–Crippen LogP) is 4.16. The van der Waals surface area contributed by atoms with Crippen molar-refractivity contribution in [2.75, 3.05) is 0 Å². The number of hydrogen-bond donors (Lipinski definition) is 0. The predicted molar refractivity (Wildman–Crippen MR) is 59.2 cm³/mol. The maximum atomic E-state index is 13.2. The molecule has 0 fully saturated rings. The van der Waals surface area contributed by atoms with E-state index in [1.807, 2.05) is 13.8 Å². The fourth-order valence-corrected chi connectivity index (χ4v) is 2.05. The molecule has 3 heteroatoms. The first-order chi connectivity index (χ1) is 7.00. The van der Waals surface area contributed by atoms with Crippen molar-refractivity contribution >= 4 is 11.6 Å². The standard InChI is InChI=1S/C12H15ClF2/c1-8(2)6-9(13)7-10-11(14)4-3-5-12(10)15/h3-5,8-9H,6-7H2,1-2H3. The average molecular weight is 233 g/mol. The van der Waals surface area contributed by atoms with Gasteiger partial charge in [-0.2, -0.15) is 0 Å². The number of alkyl halides is 1. The summed E-state index contributed by atoms with van der Waals surface area (Å²) in [4.78, 5) is 0. The highest BCUT2D eigenvalue weighted by Gasteiger charge is 2.14. The lowest BCUT2D eigenvalue weighted by atomic mass is 10.0. The minimum absolute atomic E-state index is 0.0955. The third-order valence-corrected chi connectivity index (χ3v) is 2.55. The van der Waals surface area contributed by atoms with Crippen molar-refractivity contribution in [1.29, 1.82) is 0 Å². The molecule has 0 amide bonds. The molecule has 1 aromatic rings. The monoisotopic (exact) mass is 232 g/mol. The normalized spacial score (nSPS) is 13.2. The minimum atomic E-state index is -0.510. The summed E-state index contributed by atoms with van der Waals surface area (Å²) in [5, 5.41) is -0.212. The third-order valence-electron chi connectivity index (χ3n) is 2.21. The van der Waals surface area contributed by atoms with Crippen LogP contribution in [0.1, 0.15) is 25.8 Å². The summed E-state index contributed by atoms with van der Waals surface area (Å²) in [6, 6.07) is 3.88. The van der Waals surface area contributed by atoms with Crippen molar-refractivity contribution in [3.63, 3.8) is 0 Å². The highest BCUT2D eigenvalue weighted by Crippen LogP contribution is 2.20. The summed E-state index contributed by atoms with van der Waals surface area (Å²) in [7, 11) is 0. The smallest absolute Gasteiger partial charge is 0.129 e. The lowest BCUT2D eigenvalue weighted by Gasteiger charge is -2.12. The summed E-state index contributed by atoms with van der Waals surface area (Å²) in [6.45, 7) is 4.07. The van der Waals surface area contributed by atoms with E-state index in [1.165, 1.54) is 18.2 Å². The zero-order valence-corrected chi connectivity index (χ0v) is 9.69. The molecule has 0 spiro atoms. The van der Waals surface area contributed by atoms with Crippen LogP contribution in [0.4, 0.5) is 8.78 Å². The van der Waals surface area contributed by atoms with E-state index in [2.05, 4.69) is 0 Å². The molecule has 1 atom stereocenters. The number of halogens is 3. The van der Waals surface area contributed by atoms with E-state index in [-0.39, 0.29) is 17.4 Å². The second-order valence-electron chi connectivity index (χ2n) is 4.13. The van der Waals surface area contributed by atoms with Crippen molar-refractivity contribution in [3.8, 4) is 0 Å². The van der Waals surface area contributed by atoms with Crippen LogP contribution < -0.4 is 0 Å². The summed E-state index contributed by atoms with van der Waals surface area (Å²) in [5.41, 5.74) is 0.0955. The molecule has 84 valence electrons. The topological polar surface area (TPSA) is 0 Å². The van der Waals surface area contributed by atoms with Gasteiger partial charge in [-0.25, -0.2) is 8.78 Å². The SMILES string of the molecule is CC(C)CC(Cl)Cc1c(F)cccc1F. The van der Waals surface area contributed by atoms with Gasteiger partial charge in [-0.05, 0) is 30.9 Å². The minimum Gasteiger partial charge on any atom is -0.207 e. The number of rotatable bonds is 4. The fourth-order valence-electron chi connectivity index (χ4n) is 1.54. The third kappa shape index (κ3) is 3.78. The lowest BCUT2D eigenvalue weighted by molar-refractivity contribution is 0.522. The van der Waals surface area contributed by atoms with Gasteiger partial charge in [0, 0.05) is 10.9 Å². The van der Waals surface area contributed by atoms with Gasteiger partial charge in [-0.3, -0.25) is 0 Å². The Bertz CT molecular complexity index is 303. The molecular formula is C12H15ClF2. The fraction of sp³-hybridized carbons (Fsp3) is 0.500. The quantitative estimate of drug-likeness (QED) is 0.684. The van der Waals surface area contributed by atoms with Gasteiger partial charge in [0.2, 0.25) is 0 Å². The molecule has 0 nitrogen and oxygen atoms in total. The molecule has 0 aliphatic rings. The van der Waals surface area contributed by atoms with Crippen LogP contribution in [0.2, 0.25) is 0 Å². The molecule has 0 heterocycles. The van der Waals surface area contributed by atoms with Gasteiger partial charge in [0.15, 0.2) is 0 Å². The molecule has 0 aliphatic heterocycles. The second kappa shape index (κ2) is 5.45. The summed E-state index contributed by atoms with van der Waals surface area (Å²) in [6.07, 6.45) is 1.01. The van der Waals surface area contributed by atoms with Crippen LogP contribution in [-0.4, -0.2) is 5.38 Å². The Morgan fingerprint density at radius 2 is 1.73 bits per heavy atom. The first-order valence-electron chi connectivity index (χ1n) is 5.07. The zero-order chi connectivity index (χ0) is 11.4. The van der Waals surface area contributed by atoms with Crippen LogP contribution in [0.5, 0.6) is 0 Å². The van der Waals surface area contributed by atoms with Crippen molar-refractivity contribution < 1.29 is 8.78 Å². The number of hydrogen-bond acceptors (Lipinski definition) is 0. The van der Waals surface area contributed by atoms with Crippen molar-refractivity contribution in [2.24, 2.45) is 5.92 Å². The molecule has 0 bridgehead atoms. The van der Waals surface area contributed by atoms with Crippen LogP contribution in [0, 0.1) is 17.6 Å². The Hall–Kier alpha value is -0.630. The van der Waals surface area contributed by atoms with Crippen molar-refractivity contribution in [1.82, 2.24) is 0 Å².